The van der Waals surface area contributed by atoms with Crippen LogP contribution in [0.3, 0.4) is 0 Å². The minimum atomic E-state index is 0.709. The molecule has 0 spiro atoms. The van der Waals surface area contributed by atoms with Gasteiger partial charge in [0.15, 0.2) is 0 Å². The number of nitrogens with zero attached hydrogens (tertiary/aromatic N) is 1. The zero-order chi connectivity index (χ0) is 10.3. The molecule has 2 nitrogen and oxygen atoms in total. The van der Waals surface area contributed by atoms with E-state index in [1.807, 2.05) is 0 Å². The van der Waals surface area contributed by atoms with Crippen molar-refractivity contribution in [2.24, 2.45) is 5.92 Å². The molecule has 0 aliphatic carbocycles. The summed E-state index contributed by atoms with van der Waals surface area (Å²) in [4.78, 5) is 2.28. The Morgan fingerprint density at radius 3 is 2.23 bits per heavy atom. The predicted octanol–water partition coefficient (Wildman–Crippen LogP) is 1.96. The Morgan fingerprint density at radius 1 is 1.15 bits per heavy atom. The van der Waals surface area contributed by atoms with Crippen LogP contribution in [0.15, 0.2) is 0 Å². The van der Waals surface area contributed by atoms with Gasteiger partial charge in [-0.15, -0.1) is 0 Å². The third-order valence-corrected chi connectivity index (χ3v) is 2.41. The predicted molar refractivity (Wildman–Crippen MR) is 60.1 cm³/mol. The summed E-state index contributed by atoms with van der Waals surface area (Å²) in [5.41, 5.74) is 0. The van der Waals surface area contributed by atoms with Crippen molar-refractivity contribution in [3.05, 3.63) is 0 Å². The SMILES string of the molecule is CC(C)CNCCCC(C)N(C)C. The van der Waals surface area contributed by atoms with E-state index in [-0.39, 0.29) is 0 Å². The monoisotopic (exact) mass is 186 g/mol. The second kappa shape index (κ2) is 7.34. The fraction of sp³-hybridized carbons (Fsp3) is 1.00. The van der Waals surface area contributed by atoms with Crippen molar-refractivity contribution >= 4 is 0 Å². The first-order valence-electron chi connectivity index (χ1n) is 5.41. The van der Waals surface area contributed by atoms with Crippen molar-refractivity contribution in [3.8, 4) is 0 Å². The fourth-order valence-electron chi connectivity index (χ4n) is 1.17. The summed E-state index contributed by atoms with van der Waals surface area (Å²) in [5, 5.41) is 3.46. The van der Waals surface area contributed by atoms with Crippen LogP contribution in [0.1, 0.15) is 33.6 Å². The summed E-state index contributed by atoms with van der Waals surface area (Å²) in [6, 6.07) is 0.709. The van der Waals surface area contributed by atoms with Crippen molar-refractivity contribution < 1.29 is 0 Å². The smallest absolute Gasteiger partial charge is 0.00613 e. The Kier molecular flexibility index (Phi) is 7.29. The number of nitrogens with one attached hydrogen (secondary N) is 1. The van der Waals surface area contributed by atoms with Crippen LogP contribution in [0, 0.1) is 5.92 Å². The van der Waals surface area contributed by atoms with Crippen LogP contribution in [0.5, 0.6) is 0 Å². The highest BCUT2D eigenvalue weighted by Gasteiger charge is 2.02. The summed E-state index contributed by atoms with van der Waals surface area (Å²) in [6.45, 7) is 9.08. The van der Waals surface area contributed by atoms with Crippen LogP contribution in [0.25, 0.3) is 0 Å². The van der Waals surface area contributed by atoms with E-state index in [1.54, 1.807) is 0 Å². The molecule has 0 aliphatic heterocycles. The van der Waals surface area contributed by atoms with Gasteiger partial charge in [0.2, 0.25) is 0 Å². The Balaban J connectivity index is 3.16. The van der Waals surface area contributed by atoms with Crippen molar-refractivity contribution in [3.63, 3.8) is 0 Å². The van der Waals surface area contributed by atoms with E-state index in [0.29, 0.717) is 6.04 Å². The van der Waals surface area contributed by atoms with Crippen molar-refractivity contribution in [1.82, 2.24) is 10.2 Å². The molecular formula is C11H26N2. The van der Waals surface area contributed by atoms with E-state index in [4.69, 9.17) is 0 Å². The second-order valence-corrected chi connectivity index (χ2v) is 4.55. The van der Waals surface area contributed by atoms with Crippen LogP contribution in [-0.4, -0.2) is 38.1 Å². The van der Waals surface area contributed by atoms with Gasteiger partial charge in [0.1, 0.15) is 0 Å². The molecule has 0 bridgehead atoms. The lowest BCUT2D eigenvalue weighted by Gasteiger charge is -2.19. The van der Waals surface area contributed by atoms with Crippen LogP contribution in [0.4, 0.5) is 0 Å². The fourth-order valence-corrected chi connectivity index (χ4v) is 1.17. The molecule has 2 heteroatoms. The molecule has 0 radical (unpaired) electrons. The highest BCUT2D eigenvalue weighted by atomic mass is 15.1. The maximum absolute atomic E-state index is 3.46. The average Bonchev–Trinajstić information content (AvgIpc) is 2.02. The van der Waals surface area contributed by atoms with Crippen molar-refractivity contribution in [2.45, 2.75) is 39.7 Å². The number of rotatable bonds is 7. The molecule has 0 aromatic rings. The third-order valence-electron chi connectivity index (χ3n) is 2.41. The molecule has 1 unspecified atom stereocenters. The highest BCUT2D eigenvalue weighted by Crippen LogP contribution is 2.00. The highest BCUT2D eigenvalue weighted by molar-refractivity contribution is 4.60. The van der Waals surface area contributed by atoms with Gasteiger partial charge in [-0.3, -0.25) is 0 Å². The van der Waals surface area contributed by atoms with Gasteiger partial charge in [0.25, 0.3) is 0 Å². The molecule has 0 amide bonds. The normalized spacial score (nSPS) is 14.1. The van der Waals surface area contributed by atoms with Crippen LogP contribution >= 0.6 is 0 Å². The number of hydrogen-bond acceptors (Lipinski definition) is 2. The van der Waals surface area contributed by atoms with E-state index in [1.165, 1.54) is 12.8 Å². The zero-order valence-electron chi connectivity index (χ0n) is 9.93. The third kappa shape index (κ3) is 8.26. The lowest BCUT2D eigenvalue weighted by molar-refractivity contribution is 0.292. The summed E-state index contributed by atoms with van der Waals surface area (Å²) in [6.07, 6.45) is 2.57. The van der Waals surface area contributed by atoms with Crippen molar-refractivity contribution in [1.29, 1.82) is 0 Å². The van der Waals surface area contributed by atoms with Gasteiger partial charge in [-0.05, 0) is 52.9 Å². The van der Waals surface area contributed by atoms with Gasteiger partial charge in [0.05, 0.1) is 0 Å². The maximum atomic E-state index is 3.46. The minimum absolute atomic E-state index is 0.709. The molecular weight excluding hydrogens is 160 g/mol. The van der Waals surface area contributed by atoms with E-state index in [2.05, 4.69) is 45.1 Å². The first-order valence-corrected chi connectivity index (χ1v) is 5.41. The topological polar surface area (TPSA) is 15.3 Å². The van der Waals surface area contributed by atoms with Crippen LogP contribution in [-0.2, 0) is 0 Å². The molecule has 0 saturated carbocycles. The molecule has 0 heterocycles. The van der Waals surface area contributed by atoms with Gasteiger partial charge in [-0.2, -0.15) is 0 Å². The molecule has 0 aromatic carbocycles. The largest absolute Gasteiger partial charge is 0.316 e. The van der Waals surface area contributed by atoms with E-state index < -0.39 is 0 Å². The van der Waals surface area contributed by atoms with Gasteiger partial charge in [-0.1, -0.05) is 13.8 Å². The molecule has 13 heavy (non-hydrogen) atoms. The summed E-state index contributed by atoms with van der Waals surface area (Å²) >= 11 is 0. The Bertz CT molecular complexity index is 111. The molecule has 0 saturated heterocycles. The Hall–Kier alpha value is -0.0800. The van der Waals surface area contributed by atoms with Gasteiger partial charge >= 0.3 is 0 Å². The summed E-state index contributed by atoms with van der Waals surface area (Å²) in [5.74, 6) is 0.770. The summed E-state index contributed by atoms with van der Waals surface area (Å²) < 4.78 is 0. The Labute approximate surface area is 83.7 Å². The first kappa shape index (κ1) is 12.9. The summed E-state index contributed by atoms with van der Waals surface area (Å²) in [7, 11) is 4.29. The standard InChI is InChI=1S/C11H26N2/c1-10(2)9-12-8-6-7-11(3)13(4)5/h10-12H,6-9H2,1-5H3. The Morgan fingerprint density at radius 2 is 1.77 bits per heavy atom. The first-order chi connectivity index (χ1) is 6.04. The quantitative estimate of drug-likeness (QED) is 0.612. The van der Waals surface area contributed by atoms with Crippen molar-refractivity contribution in [2.75, 3.05) is 27.2 Å². The molecule has 1 atom stereocenters. The minimum Gasteiger partial charge on any atom is -0.316 e. The molecule has 1 N–H and O–H groups in total. The van der Waals surface area contributed by atoms with E-state index >= 15 is 0 Å². The molecule has 0 aliphatic rings. The van der Waals surface area contributed by atoms with E-state index in [0.717, 1.165) is 19.0 Å². The molecule has 0 fully saturated rings. The molecule has 80 valence electrons. The lowest BCUT2D eigenvalue weighted by Crippen LogP contribution is -2.27. The second-order valence-electron chi connectivity index (χ2n) is 4.55. The molecule has 0 rings (SSSR count). The van der Waals surface area contributed by atoms with Gasteiger partial charge < -0.3 is 10.2 Å². The van der Waals surface area contributed by atoms with Gasteiger partial charge in [0, 0.05) is 6.04 Å². The lowest BCUT2D eigenvalue weighted by atomic mass is 10.1. The molecule has 0 aromatic heterocycles. The zero-order valence-corrected chi connectivity index (χ0v) is 9.93. The van der Waals surface area contributed by atoms with Crippen LogP contribution in [0.2, 0.25) is 0 Å². The van der Waals surface area contributed by atoms with Gasteiger partial charge in [-0.25, -0.2) is 0 Å². The number of hydrogen-bond donors (Lipinski definition) is 1. The average molecular weight is 186 g/mol. The van der Waals surface area contributed by atoms with Crippen LogP contribution < -0.4 is 5.32 Å². The maximum Gasteiger partial charge on any atom is 0.00613 e. The van der Waals surface area contributed by atoms with E-state index in [9.17, 15) is 0 Å².